The Balaban J connectivity index is 2.06. The molecule has 1 heterocycles. The molecule has 0 atom stereocenters. The monoisotopic (exact) mass is 151 g/mol. The minimum atomic E-state index is 0.541. The van der Waals surface area contributed by atoms with Crippen LogP contribution in [0, 0.1) is 5.41 Å². The van der Waals surface area contributed by atoms with Gasteiger partial charge in [0.2, 0.25) is 0 Å². The number of nitrogens with one attached hydrogen (secondary N) is 1. The molecule has 0 saturated heterocycles. The van der Waals surface area contributed by atoms with Gasteiger partial charge in [-0.2, -0.15) is 5.10 Å². The number of aromatic amines is 1. The summed E-state index contributed by atoms with van der Waals surface area (Å²) in [6, 6.07) is 1.92. The van der Waals surface area contributed by atoms with Gasteiger partial charge in [-0.05, 0) is 24.7 Å². The molecule has 2 rings (SSSR count). The van der Waals surface area contributed by atoms with Crippen LogP contribution in [0.25, 0.3) is 0 Å². The lowest BCUT2D eigenvalue weighted by Gasteiger charge is -2.03. The summed E-state index contributed by atoms with van der Waals surface area (Å²) >= 11 is 0. The molecule has 11 heavy (non-hydrogen) atoms. The van der Waals surface area contributed by atoms with Crippen LogP contribution in [0.3, 0.4) is 0 Å². The van der Waals surface area contributed by atoms with Crippen molar-refractivity contribution in [2.75, 3.05) is 5.73 Å². The molecule has 1 aliphatic rings. The first-order valence-corrected chi connectivity index (χ1v) is 3.98. The highest BCUT2D eigenvalue weighted by atomic mass is 15.2. The lowest BCUT2D eigenvalue weighted by molar-refractivity contribution is 0.560. The van der Waals surface area contributed by atoms with Crippen LogP contribution in [-0.2, 0) is 6.42 Å². The molecule has 1 aromatic rings. The summed E-state index contributed by atoms with van der Waals surface area (Å²) in [5.41, 5.74) is 7.19. The highest BCUT2D eigenvalue weighted by Gasteiger charge is 2.37. The summed E-state index contributed by atoms with van der Waals surface area (Å²) in [6.07, 6.45) is 3.77. The van der Waals surface area contributed by atoms with Crippen molar-refractivity contribution >= 4 is 5.82 Å². The van der Waals surface area contributed by atoms with Gasteiger partial charge in [0.1, 0.15) is 5.82 Å². The number of nitrogens with zero attached hydrogens (tertiary/aromatic N) is 1. The molecule has 3 nitrogen and oxygen atoms in total. The van der Waals surface area contributed by atoms with E-state index in [2.05, 4.69) is 17.1 Å². The zero-order chi connectivity index (χ0) is 7.90. The normalized spacial score (nSPS) is 20.1. The number of aromatic nitrogens is 2. The Morgan fingerprint density at radius 3 is 2.91 bits per heavy atom. The molecular weight excluding hydrogens is 138 g/mol. The molecule has 1 fully saturated rings. The average molecular weight is 151 g/mol. The predicted octanol–water partition coefficient (Wildman–Crippen LogP) is 1.33. The van der Waals surface area contributed by atoms with E-state index in [0.29, 0.717) is 11.2 Å². The lowest BCUT2D eigenvalue weighted by atomic mass is 10.0. The van der Waals surface area contributed by atoms with Gasteiger partial charge in [-0.25, -0.2) is 0 Å². The van der Waals surface area contributed by atoms with Crippen molar-refractivity contribution in [1.82, 2.24) is 10.2 Å². The molecule has 3 heteroatoms. The number of hydrogen-bond acceptors (Lipinski definition) is 2. The second-order valence-corrected chi connectivity index (χ2v) is 3.81. The van der Waals surface area contributed by atoms with Gasteiger partial charge in [0.05, 0.1) is 0 Å². The summed E-state index contributed by atoms with van der Waals surface area (Å²) < 4.78 is 0. The van der Waals surface area contributed by atoms with Crippen LogP contribution in [0.4, 0.5) is 5.82 Å². The van der Waals surface area contributed by atoms with Crippen LogP contribution in [-0.4, -0.2) is 10.2 Å². The van der Waals surface area contributed by atoms with E-state index in [4.69, 9.17) is 5.73 Å². The van der Waals surface area contributed by atoms with E-state index in [1.165, 1.54) is 18.5 Å². The second kappa shape index (κ2) is 2.00. The number of rotatable bonds is 2. The molecule has 0 radical (unpaired) electrons. The van der Waals surface area contributed by atoms with Gasteiger partial charge in [0.25, 0.3) is 0 Å². The highest BCUT2D eigenvalue weighted by Crippen LogP contribution is 2.47. The zero-order valence-electron chi connectivity index (χ0n) is 6.72. The Hall–Kier alpha value is -0.990. The third-order valence-corrected chi connectivity index (χ3v) is 2.37. The van der Waals surface area contributed by atoms with Crippen LogP contribution in [0.15, 0.2) is 6.07 Å². The van der Waals surface area contributed by atoms with Crippen molar-refractivity contribution in [3.05, 3.63) is 11.8 Å². The van der Waals surface area contributed by atoms with E-state index in [0.717, 1.165) is 6.42 Å². The zero-order valence-corrected chi connectivity index (χ0v) is 6.72. The number of nitrogen functional groups attached to an aromatic ring is 1. The Kier molecular flexibility index (Phi) is 1.22. The van der Waals surface area contributed by atoms with E-state index in [9.17, 15) is 0 Å². The van der Waals surface area contributed by atoms with Gasteiger partial charge in [-0.3, -0.25) is 5.10 Å². The summed E-state index contributed by atoms with van der Waals surface area (Å²) in [6.45, 7) is 2.30. The van der Waals surface area contributed by atoms with E-state index in [-0.39, 0.29) is 0 Å². The predicted molar refractivity (Wildman–Crippen MR) is 44.0 cm³/mol. The number of hydrogen-bond donors (Lipinski definition) is 2. The highest BCUT2D eigenvalue weighted by molar-refractivity contribution is 5.29. The van der Waals surface area contributed by atoms with E-state index in [1.807, 2.05) is 6.07 Å². The molecule has 0 bridgehead atoms. The third kappa shape index (κ3) is 1.37. The van der Waals surface area contributed by atoms with Crippen molar-refractivity contribution in [2.24, 2.45) is 5.41 Å². The number of H-pyrrole nitrogens is 1. The van der Waals surface area contributed by atoms with Gasteiger partial charge in [0.15, 0.2) is 0 Å². The van der Waals surface area contributed by atoms with Crippen molar-refractivity contribution in [3.63, 3.8) is 0 Å². The van der Waals surface area contributed by atoms with E-state index >= 15 is 0 Å². The summed E-state index contributed by atoms with van der Waals surface area (Å²) in [4.78, 5) is 0. The molecule has 0 aromatic carbocycles. The molecule has 0 amide bonds. The van der Waals surface area contributed by atoms with Crippen LogP contribution in [0.5, 0.6) is 0 Å². The Labute approximate surface area is 66.0 Å². The summed E-state index contributed by atoms with van der Waals surface area (Å²) in [5.74, 6) is 0.601. The molecule has 0 unspecified atom stereocenters. The fourth-order valence-electron chi connectivity index (χ4n) is 1.32. The standard InChI is InChI=1S/C8H13N3/c1-8(2-3-8)5-6-4-7(9)11-10-6/h4H,2-3,5H2,1H3,(H3,9,10,11). The summed E-state index contributed by atoms with van der Waals surface area (Å²) in [5, 5.41) is 6.81. The first-order valence-electron chi connectivity index (χ1n) is 3.98. The van der Waals surface area contributed by atoms with Crippen molar-refractivity contribution < 1.29 is 0 Å². The average Bonchev–Trinajstić information content (AvgIpc) is 2.49. The van der Waals surface area contributed by atoms with Gasteiger partial charge < -0.3 is 5.73 Å². The quantitative estimate of drug-likeness (QED) is 0.670. The topological polar surface area (TPSA) is 54.7 Å². The molecule has 3 N–H and O–H groups in total. The molecular formula is C8H13N3. The molecule has 0 spiro atoms. The maximum Gasteiger partial charge on any atom is 0.145 e. The van der Waals surface area contributed by atoms with Crippen LogP contribution >= 0.6 is 0 Å². The van der Waals surface area contributed by atoms with Crippen molar-refractivity contribution in [3.8, 4) is 0 Å². The number of anilines is 1. The molecule has 1 aromatic heterocycles. The fourth-order valence-corrected chi connectivity index (χ4v) is 1.32. The van der Waals surface area contributed by atoms with Crippen molar-refractivity contribution in [1.29, 1.82) is 0 Å². The van der Waals surface area contributed by atoms with Gasteiger partial charge in [-0.1, -0.05) is 6.92 Å². The molecule has 1 aliphatic carbocycles. The van der Waals surface area contributed by atoms with Gasteiger partial charge in [0, 0.05) is 11.8 Å². The van der Waals surface area contributed by atoms with Crippen LogP contribution in [0.2, 0.25) is 0 Å². The first kappa shape index (κ1) is 6.70. The van der Waals surface area contributed by atoms with Crippen LogP contribution in [0.1, 0.15) is 25.5 Å². The summed E-state index contributed by atoms with van der Waals surface area (Å²) in [7, 11) is 0. The van der Waals surface area contributed by atoms with Crippen LogP contribution < -0.4 is 5.73 Å². The van der Waals surface area contributed by atoms with E-state index < -0.39 is 0 Å². The first-order chi connectivity index (χ1) is 5.18. The minimum Gasteiger partial charge on any atom is -0.382 e. The maximum atomic E-state index is 5.48. The molecule has 60 valence electrons. The Morgan fingerprint density at radius 1 is 1.73 bits per heavy atom. The largest absolute Gasteiger partial charge is 0.382 e. The van der Waals surface area contributed by atoms with E-state index in [1.54, 1.807) is 0 Å². The van der Waals surface area contributed by atoms with Gasteiger partial charge >= 0.3 is 0 Å². The maximum absolute atomic E-state index is 5.48. The Bertz CT molecular complexity index is 260. The molecule has 1 saturated carbocycles. The fraction of sp³-hybridized carbons (Fsp3) is 0.625. The lowest BCUT2D eigenvalue weighted by Crippen LogP contribution is -1.98. The van der Waals surface area contributed by atoms with Crippen molar-refractivity contribution in [2.45, 2.75) is 26.2 Å². The smallest absolute Gasteiger partial charge is 0.145 e. The Morgan fingerprint density at radius 2 is 2.45 bits per heavy atom. The number of nitrogens with two attached hydrogens (primary N) is 1. The molecule has 0 aliphatic heterocycles. The third-order valence-electron chi connectivity index (χ3n) is 2.37. The van der Waals surface area contributed by atoms with Gasteiger partial charge in [-0.15, -0.1) is 0 Å². The SMILES string of the molecule is CC1(Cc2cc(N)n[nH]2)CC1. The second-order valence-electron chi connectivity index (χ2n) is 3.81. The minimum absolute atomic E-state index is 0.541.